The lowest BCUT2D eigenvalue weighted by molar-refractivity contribution is 0.592. The monoisotopic (exact) mass is 326 g/mol. The summed E-state index contributed by atoms with van der Waals surface area (Å²) < 4.78 is 27.3. The third kappa shape index (κ3) is 4.23. The number of hydrogen-bond acceptors (Lipinski definition) is 6. The molecule has 0 aliphatic rings. The minimum atomic E-state index is -3.64. The van der Waals surface area contributed by atoms with Crippen LogP contribution >= 0.6 is 11.3 Å². The van der Waals surface area contributed by atoms with E-state index in [-0.39, 0.29) is 10.2 Å². The Balaban J connectivity index is 2.19. The Bertz CT molecular complexity index is 696. The molecule has 0 bridgehead atoms. The fourth-order valence-electron chi connectivity index (χ4n) is 1.62. The highest BCUT2D eigenvalue weighted by molar-refractivity contribution is 7.94. The van der Waals surface area contributed by atoms with Crippen LogP contribution in [0, 0.1) is 6.92 Å². The molecule has 6 nitrogen and oxygen atoms in total. The van der Waals surface area contributed by atoms with E-state index in [1.807, 2.05) is 6.92 Å². The van der Waals surface area contributed by atoms with Crippen molar-refractivity contribution in [2.45, 2.75) is 37.6 Å². The molecule has 2 heterocycles. The summed E-state index contributed by atoms with van der Waals surface area (Å²) in [6.45, 7) is 6.67. The van der Waals surface area contributed by atoms with Crippen molar-refractivity contribution in [3.8, 4) is 0 Å². The number of nitrogens with zero attached hydrogens (tertiary/aromatic N) is 2. The Kier molecular flexibility index (Phi) is 4.92. The predicted octanol–water partition coefficient (Wildman–Crippen LogP) is 2.15. The standard InChI is InChI=1S/C13H18N4O2S2/c1-9(2)16-8-11-10(3)7-12(20-11)21(18,19)17-13-14-5-4-6-15-13/h4-7,9,16H,8H2,1-3H3,(H,14,15,17). The van der Waals surface area contributed by atoms with Crippen LogP contribution in [0.4, 0.5) is 5.95 Å². The number of aryl methyl sites for hydroxylation is 1. The zero-order chi connectivity index (χ0) is 15.5. The van der Waals surface area contributed by atoms with Gasteiger partial charge in [-0.1, -0.05) is 13.8 Å². The van der Waals surface area contributed by atoms with Gasteiger partial charge in [-0.25, -0.2) is 23.1 Å². The van der Waals surface area contributed by atoms with E-state index in [1.54, 1.807) is 12.1 Å². The summed E-state index contributed by atoms with van der Waals surface area (Å²) in [4.78, 5) is 8.75. The van der Waals surface area contributed by atoms with Gasteiger partial charge in [0, 0.05) is 29.9 Å². The van der Waals surface area contributed by atoms with E-state index in [4.69, 9.17) is 0 Å². The molecule has 0 unspecified atom stereocenters. The molecule has 0 radical (unpaired) electrons. The van der Waals surface area contributed by atoms with Crippen LogP contribution in [0.5, 0.6) is 0 Å². The molecule has 114 valence electrons. The minimum Gasteiger partial charge on any atom is -0.310 e. The van der Waals surface area contributed by atoms with Gasteiger partial charge in [0.15, 0.2) is 0 Å². The lowest BCUT2D eigenvalue weighted by atomic mass is 10.3. The third-order valence-electron chi connectivity index (χ3n) is 2.73. The lowest BCUT2D eigenvalue weighted by Crippen LogP contribution is -2.21. The van der Waals surface area contributed by atoms with Crippen molar-refractivity contribution in [2.24, 2.45) is 0 Å². The van der Waals surface area contributed by atoms with Crippen LogP contribution in [0.15, 0.2) is 28.7 Å². The second kappa shape index (κ2) is 6.50. The number of rotatable bonds is 6. The summed E-state index contributed by atoms with van der Waals surface area (Å²) in [6, 6.07) is 3.65. The van der Waals surface area contributed by atoms with Crippen molar-refractivity contribution in [3.63, 3.8) is 0 Å². The van der Waals surface area contributed by atoms with Crippen LogP contribution in [0.2, 0.25) is 0 Å². The highest BCUT2D eigenvalue weighted by Crippen LogP contribution is 2.27. The van der Waals surface area contributed by atoms with Crippen molar-refractivity contribution >= 4 is 27.3 Å². The molecule has 0 saturated heterocycles. The number of nitrogens with one attached hydrogen (secondary N) is 2. The Hall–Kier alpha value is -1.51. The van der Waals surface area contributed by atoms with Crippen LogP contribution in [0.1, 0.15) is 24.3 Å². The molecule has 0 fully saturated rings. The maximum Gasteiger partial charge on any atom is 0.273 e. The highest BCUT2D eigenvalue weighted by Gasteiger charge is 2.20. The normalized spacial score (nSPS) is 11.8. The summed E-state index contributed by atoms with van der Waals surface area (Å²) in [5.74, 6) is 0.0745. The molecular weight excluding hydrogens is 308 g/mol. The second-order valence-electron chi connectivity index (χ2n) is 4.89. The van der Waals surface area contributed by atoms with Crippen molar-refractivity contribution in [2.75, 3.05) is 4.72 Å². The second-order valence-corrected chi connectivity index (χ2v) is 7.93. The van der Waals surface area contributed by atoms with E-state index in [0.717, 1.165) is 10.4 Å². The highest BCUT2D eigenvalue weighted by atomic mass is 32.2. The number of thiophene rings is 1. The minimum absolute atomic E-state index is 0.0745. The van der Waals surface area contributed by atoms with Crippen LogP contribution in [0.25, 0.3) is 0 Å². The fourth-order valence-corrected chi connectivity index (χ4v) is 4.11. The Morgan fingerprint density at radius 3 is 2.57 bits per heavy atom. The first-order valence-electron chi connectivity index (χ1n) is 6.51. The van der Waals surface area contributed by atoms with Crippen molar-refractivity contribution < 1.29 is 8.42 Å². The summed E-state index contributed by atoms with van der Waals surface area (Å²) in [5.41, 5.74) is 0.961. The molecule has 0 aliphatic heterocycles. The largest absolute Gasteiger partial charge is 0.310 e. The zero-order valence-electron chi connectivity index (χ0n) is 12.1. The third-order valence-corrected chi connectivity index (χ3v) is 5.76. The molecule has 0 atom stereocenters. The van der Waals surface area contributed by atoms with Crippen molar-refractivity contribution in [3.05, 3.63) is 35.0 Å². The molecule has 0 saturated carbocycles. The number of sulfonamides is 1. The molecular formula is C13H18N4O2S2. The number of hydrogen-bond donors (Lipinski definition) is 2. The van der Waals surface area contributed by atoms with Gasteiger partial charge in [0.1, 0.15) is 4.21 Å². The molecule has 2 aromatic rings. The van der Waals surface area contributed by atoms with Gasteiger partial charge in [0.2, 0.25) is 5.95 Å². The maximum atomic E-state index is 12.3. The van der Waals surface area contributed by atoms with Crippen molar-refractivity contribution in [1.82, 2.24) is 15.3 Å². The van der Waals surface area contributed by atoms with Crippen molar-refractivity contribution in [1.29, 1.82) is 0 Å². The smallest absolute Gasteiger partial charge is 0.273 e. The summed E-state index contributed by atoms with van der Waals surface area (Å²) in [5, 5.41) is 3.29. The molecule has 0 aromatic carbocycles. The average Bonchev–Trinajstić information content (AvgIpc) is 2.79. The molecule has 21 heavy (non-hydrogen) atoms. The summed E-state index contributed by atoms with van der Waals surface area (Å²) in [7, 11) is -3.64. The molecule has 2 rings (SSSR count). The van der Waals surface area contributed by atoms with E-state index in [0.29, 0.717) is 12.6 Å². The molecule has 2 N–H and O–H groups in total. The van der Waals surface area contributed by atoms with Gasteiger partial charge in [-0.2, -0.15) is 0 Å². The number of aromatic nitrogens is 2. The summed E-state index contributed by atoms with van der Waals surface area (Å²) >= 11 is 1.26. The first-order valence-corrected chi connectivity index (χ1v) is 8.81. The van der Waals surface area contributed by atoms with Crippen LogP contribution in [-0.4, -0.2) is 24.4 Å². The molecule has 0 aliphatic carbocycles. The van der Waals surface area contributed by atoms with Gasteiger partial charge in [0.05, 0.1) is 0 Å². The van der Waals surface area contributed by atoms with E-state index >= 15 is 0 Å². The summed E-state index contributed by atoms with van der Waals surface area (Å²) in [6.07, 6.45) is 2.98. The van der Waals surface area contributed by atoms with E-state index < -0.39 is 10.0 Å². The fraction of sp³-hybridized carbons (Fsp3) is 0.385. The van der Waals surface area contributed by atoms with E-state index in [2.05, 4.69) is 33.9 Å². The number of anilines is 1. The van der Waals surface area contributed by atoms with Crippen LogP contribution in [-0.2, 0) is 16.6 Å². The predicted molar refractivity (Wildman–Crippen MR) is 83.9 cm³/mol. The topological polar surface area (TPSA) is 84.0 Å². The average molecular weight is 326 g/mol. The van der Waals surface area contributed by atoms with Gasteiger partial charge in [-0.3, -0.25) is 0 Å². The maximum absolute atomic E-state index is 12.3. The first kappa shape index (κ1) is 15.9. The van der Waals surface area contributed by atoms with Gasteiger partial charge >= 0.3 is 0 Å². The van der Waals surface area contributed by atoms with E-state index in [1.165, 1.54) is 23.7 Å². The zero-order valence-corrected chi connectivity index (χ0v) is 13.8. The Morgan fingerprint density at radius 1 is 1.29 bits per heavy atom. The van der Waals surface area contributed by atoms with Crippen LogP contribution in [0.3, 0.4) is 0 Å². The quantitative estimate of drug-likeness (QED) is 0.850. The Labute approximate surface area is 128 Å². The van der Waals surface area contributed by atoms with E-state index in [9.17, 15) is 8.42 Å². The SMILES string of the molecule is Cc1cc(S(=O)(=O)Nc2ncccn2)sc1CNC(C)C. The molecule has 2 aromatic heterocycles. The van der Waals surface area contributed by atoms with Gasteiger partial charge in [-0.15, -0.1) is 11.3 Å². The first-order chi connectivity index (χ1) is 9.88. The molecule has 0 spiro atoms. The van der Waals surface area contributed by atoms with Gasteiger partial charge in [-0.05, 0) is 24.6 Å². The Morgan fingerprint density at radius 2 is 1.95 bits per heavy atom. The molecule has 8 heteroatoms. The van der Waals surface area contributed by atoms with Gasteiger partial charge < -0.3 is 5.32 Å². The van der Waals surface area contributed by atoms with Gasteiger partial charge in [0.25, 0.3) is 10.0 Å². The van der Waals surface area contributed by atoms with Crippen LogP contribution < -0.4 is 10.0 Å². The lowest BCUT2D eigenvalue weighted by Gasteiger charge is -2.06. The molecule has 0 amide bonds.